The molecule has 0 aliphatic carbocycles. The third-order valence-electron chi connectivity index (χ3n) is 2.00. The van der Waals surface area contributed by atoms with Crippen LogP contribution >= 0.6 is 0 Å². The molecule has 1 rings (SSSR count). The molecule has 3 nitrogen and oxygen atoms in total. The lowest BCUT2D eigenvalue weighted by Crippen LogP contribution is -2.13. The molecule has 0 saturated carbocycles. The summed E-state index contributed by atoms with van der Waals surface area (Å²) in [5.41, 5.74) is 0.0956. The van der Waals surface area contributed by atoms with E-state index in [1.165, 1.54) is 0 Å². The van der Waals surface area contributed by atoms with Crippen molar-refractivity contribution in [3.63, 3.8) is 0 Å². The van der Waals surface area contributed by atoms with E-state index in [0.717, 1.165) is 6.07 Å². The molecule has 17 heavy (non-hydrogen) atoms. The smallest absolute Gasteiger partial charge is 0.256 e. The number of aryl methyl sites for hydroxylation is 1. The summed E-state index contributed by atoms with van der Waals surface area (Å²) >= 11 is 0. The minimum absolute atomic E-state index is 0.0956. The van der Waals surface area contributed by atoms with Gasteiger partial charge in [0.1, 0.15) is 5.82 Å². The predicted molar refractivity (Wildman–Crippen MR) is 54.5 cm³/mol. The highest BCUT2D eigenvalue weighted by atomic mass is 28.2. The minimum atomic E-state index is -1.81. The van der Waals surface area contributed by atoms with Gasteiger partial charge in [-0.3, -0.25) is 0 Å². The first-order chi connectivity index (χ1) is 8.00. The monoisotopic (exact) mass is 264 g/mol. The molecule has 0 heterocycles. The molecule has 0 aromatic heterocycles. The number of hydrogen-bond donors (Lipinski definition) is 2. The van der Waals surface area contributed by atoms with Gasteiger partial charge in [-0.05, 0) is 30.5 Å². The average molecular weight is 264 g/mol. The van der Waals surface area contributed by atoms with Gasteiger partial charge >= 0.3 is 0 Å². The van der Waals surface area contributed by atoms with Crippen LogP contribution in [0.25, 0.3) is 0 Å². The third-order valence-corrected chi connectivity index (χ3v) is 2.94. The highest BCUT2D eigenvalue weighted by molar-refractivity contribution is 6.26. The Labute approximate surface area is 98.8 Å². The van der Waals surface area contributed by atoms with Crippen molar-refractivity contribution in [3.05, 3.63) is 35.1 Å². The quantitative estimate of drug-likeness (QED) is 0.353. The topological polar surface area (TPSA) is 49.7 Å². The molecule has 0 amide bonds. The first-order valence-corrected chi connectivity index (χ1v) is 6.00. The van der Waals surface area contributed by atoms with Gasteiger partial charge in [0, 0.05) is 6.07 Å². The Kier molecular flexibility index (Phi) is 5.62. The molecule has 7 heteroatoms. The molecule has 0 bridgehead atoms. The van der Waals surface area contributed by atoms with Gasteiger partial charge in [-0.1, -0.05) is 0 Å². The fourth-order valence-electron chi connectivity index (χ4n) is 1.24. The Balaban J connectivity index is 2.39. The van der Waals surface area contributed by atoms with E-state index in [2.05, 4.69) is 4.43 Å². The second-order valence-corrected chi connectivity index (χ2v) is 4.32. The molecule has 0 aliphatic heterocycles. The van der Waals surface area contributed by atoms with Crippen LogP contribution in [0, 0.1) is 17.5 Å². The zero-order chi connectivity index (χ0) is 12.8. The average Bonchev–Trinajstić information content (AvgIpc) is 2.24. The summed E-state index contributed by atoms with van der Waals surface area (Å²) in [5, 5.41) is 16.7. The van der Waals surface area contributed by atoms with Crippen molar-refractivity contribution in [2.45, 2.75) is 25.4 Å². The van der Waals surface area contributed by atoms with Crippen LogP contribution in [0.3, 0.4) is 0 Å². The molecular weight excluding hydrogens is 253 g/mol. The summed E-state index contributed by atoms with van der Waals surface area (Å²) in [7, 11) is -0.134. The van der Waals surface area contributed by atoms with E-state index < -0.39 is 23.9 Å². The third kappa shape index (κ3) is 4.86. The van der Waals surface area contributed by atoms with Crippen LogP contribution < -0.4 is 0 Å². The molecule has 2 N–H and O–H groups in total. The fourth-order valence-corrected chi connectivity index (χ4v) is 1.83. The van der Waals surface area contributed by atoms with Gasteiger partial charge < -0.3 is 14.6 Å². The van der Waals surface area contributed by atoms with Crippen molar-refractivity contribution in [1.29, 1.82) is 0 Å². The van der Waals surface area contributed by atoms with Gasteiger partial charge in [-0.2, -0.15) is 0 Å². The molecular formula is C10H11F3O3Si. The standard InChI is InChI=1S/C10H11F3O3Si/c11-7-5-9(13)8(12)4-6(7)2-1-3-17-16-10(14)15/h4-5,10,14-15H,1-3H2. The fraction of sp³-hybridized carbons (Fsp3) is 0.400. The molecule has 0 aliphatic rings. The summed E-state index contributed by atoms with van der Waals surface area (Å²) < 4.78 is 43.0. The van der Waals surface area contributed by atoms with E-state index in [9.17, 15) is 13.2 Å². The molecule has 2 radical (unpaired) electrons. The summed E-state index contributed by atoms with van der Waals surface area (Å²) in [6, 6.07) is 1.83. The van der Waals surface area contributed by atoms with Crippen LogP contribution in [0.2, 0.25) is 6.04 Å². The first-order valence-electron chi connectivity index (χ1n) is 4.88. The maximum Gasteiger partial charge on any atom is 0.256 e. The van der Waals surface area contributed by atoms with Gasteiger partial charge in [0.25, 0.3) is 6.48 Å². The number of aliphatic hydroxyl groups excluding tert-OH is 1. The van der Waals surface area contributed by atoms with Crippen molar-refractivity contribution >= 4 is 9.76 Å². The maximum absolute atomic E-state index is 13.2. The van der Waals surface area contributed by atoms with Gasteiger partial charge in [0.05, 0.1) is 0 Å². The van der Waals surface area contributed by atoms with E-state index in [-0.39, 0.29) is 21.7 Å². The van der Waals surface area contributed by atoms with Crippen molar-refractivity contribution < 1.29 is 27.8 Å². The van der Waals surface area contributed by atoms with Crippen molar-refractivity contribution in [2.24, 2.45) is 0 Å². The Bertz CT molecular complexity index is 374. The van der Waals surface area contributed by atoms with Crippen LogP contribution in [-0.2, 0) is 10.8 Å². The molecule has 94 valence electrons. The lowest BCUT2D eigenvalue weighted by atomic mass is 10.1. The SMILES string of the molecule is OC(O)O[Si]CCCc1cc(F)c(F)cc1F. The van der Waals surface area contributed by atoms with Crippen molar-refractivity contribution in [2.75, 3.05) is 0 Å². The Morgan fingerprint density at radius 1 is 1.12 bits per heavy atom. The Morgan fingerprint density at radius 3 is 2.41 bits per heavy atom. The summed E-state index contributed by atoms with van der Waals surface area (Å²) in [6.07, 6.45) is 0.716. The van der Waals surface area contributed by atoms with Gasteiger partial charge in [0.2, 0.25) is 9.76 Å². The Hall–Kier alpha value is -0.893. The molecule has 0 fully saturated rings. The van der Waals surface area contributed by atoms with Gasteiger partial charge in [-0.25, -0.2) is 13.2 Å². The second kappa shape index (κ2) is 6.75. The Morgan fingerprint density at radius 2 is 1.76 bits per heavy atom. The maximum atomic E-state index is 13.2. The molecule has 0 saturated heterocycles. The number of benzene rings is 1. The van der Waals surface area contributed by atoms with E-state index in [0.29, 0.717) is 18.5 Å². The number of hydrogen-bond acceptors (Lipinski definition) is 3. The van der Waals surface area contributed by atoms with E-state index in [1.54, 1.807) is 0 Å². The van der Waals surface area contributed by atoms with Crippen LogP contribution in [0.15, 0.2) is 12.1 Å². The predicted octanol–water partition coefficient (Wildman–Crippen LogP) is 1.36. The number of aliphatic hydroxyl groups is 2. The van der Waals surface area contributed by atoms with E-state index in [4.69, 9.17) is 10.2 Å². The number of halogens is 3. The van der Waals surface area contributed by atoms with Crippen LogP contribution in [0.5, 0.6) is 0 Å². The van der Waals surface area contributed by atoms with Gasteiger partial charge in [0.15, 0.2) is 11.6 Å². The largest absolute Gasteiger partial charge is 0.372 e. The molecule has 0 spiro atoms. The first kappa shape index (κ1) is 14.2. The van der Waals surface area contributed by atoms with E-state index in [1.807, 2.05) is 0 Å². The second-order valence-electron chi connectivity index (χ2n) is 3.30. The van der Waals surface area contributed by atoms with Crippen LogP contribution in [0.1, 0.15) is 12.0 Å². The van der Waals surface area contributed by atoms with E-state index >= 15 is 0 Å². The van der Waals surface area contributed by atoms with Crippen molar-refractivity contribution in [3.8, 4) is 0 Å². The lowest BCUT2D eigenvalue weighted by Gasteiger charge is -2.05. The molecule has 1 aromatic carbocycles. The highest BCUT2D eigenvalue weighted by Gasteiger charge is 2.09. The lowest BCUT2D eigenvalue weighted by molar-refractivity contribution is -0.180. The molecule has 0 atom stereocenters. The summed E-state index contributed by atoms with van der Waals surface area (Å²) in [6.45, 7) is -1.81. The number of rotatable bonds is 6. The summed E-state index contributed by atoms with van der Waals surface area (Å²) in [5.74, 6) is -3.07. The zero-order valence-electron chi connectivity index (χ0n) is 8.79. The summed E-state index contributed by atoms with van der Waals surface area (Å²) in [4.78, 5) is 0. The highest BCUT2D eigenvalue weighted by Crippen LogP contribution is 2.15. The normalized spacial score (nSPS) is 11.2. The molecule has 0 unspecified atom stereocenters. The van der Waals surface area contributed by atoms with Gasteiger partial charge in [-0.15, -0.1) is 0 Å². The van der Waals surface area contributed by atoms with Crippen molar-refractivity contribution in [1.82, 2.24) is 0 Å². The van der Waals surface area contributed by atoms with Crippen LogP contribution in [-0.4, -0.2) is 26.5 Å². The molecule has 1 aromatic rings. The minimum Gasteiger partial charge on any atom is -0.372 e. The van der Waals surface area contributed by atoms with Crippen LogP contribution in [0.4, 0.5) is 13.2 Å². The zero-order valence-corrected chi connectivity index (χ0v) is 9.79.